The Morgan fingerprint density at radius 1 is 0.662 bits per heavy atom. The number of hydrogen-bond acceptors (Lipinski definition) is 2. The van der Waals surface area contributed by atoms with E-state index in [4.69, 9.17) is 16.6 Å². The number of aromatic nitrogens is 4. The van der Waals surface area contributed by atoms with Gasteiger partial charge in [-0.3, -0.25) is 4.57 Å². The number of ether oxygens (including phenoxy) is 1. The molecule has 0 bridgehead atoms. The van der Waals surface area contributed by atoms with Crippen LogP contribution in [0, 0.1) is 29.8 Å². The van der Waals surface area contributed by atoms with Crippen LogP contribution in [0.5, 0.6) is 11.5 Å². The van der Waals surface area contributed by atoms with Crippen LogP contribution in [0.1, 0.15) is 111 Å². The van der Waals surface area contributed by atoms with Crippen LogP contribution in [-0.4, -0.2) is 14.1 Å². The van der Waals surface area contributed by atoms with Crippen LogP contribution in [0.25, 0.3) is 72.3 Å². The van der Waals surface area contributed by atoms with Gasteiger partial charge in [-0.05, 0) is 109 Å². The fraction of sp³-hybridized carbons (Fsp3) is 0.262. The van der Waals surface area contributed by atoms with Crippen molar-refractivity contribution in [1.82, 2.24) is 14.1 Å². The molecule has 10 rings (SSSR count). The van der Waals surface area contributed by atoms with E-state index in [0.29, 0.717) is 61.9 Å². The van der Waals surface area contributed by atoms with Crippen LogP contribution in [0.3, 0.4) is 0 Å². The topological polar surface area (TPSA) is 35.9 Å². The van der Waals surface area contributed by atoms with Crippen LogP contribution >= 0.6 is 0 Å². The second kappa shape index (κ2) is 19.2. The standard InChI is InChI=1S/C65H64N4O.Pt/c1-43(2)33-44-27-30-58-60(34-44)67(42-68(58)62-53(46-19-13-12-14-20-46)24-18-25-54(62)47-36-48(64(6,7)8)38-49(37-47)65(9,10)11)50-21-17-22-51(39-50)70-52-28-29-56-55-23-15-16-26-57(55)69(59(56)40-52)61-35-45(31-32-66-61)41-63(3,4)5;/h12-32,34-38,43H,33,41H2,1-11H3;/q-2;/i12D,13D,14D,19D,20D,33D2,41D2;. The molecule has 7 aromatic carbocycles. The zero-order valence-electron chi connectivity index (χ0n) is 51.2. The number of rotatable bonds is 10. The minimum Gasteiger partial charge on any atom is -0.510 e. The quantitative estimate of drug-likeness (QED) is 0.101. The van der Waals surface area contributed by atoms with Crippen molar-refractivity contribution < 1.29 is 42.7 Å². The first-order valence-corrected chi connectivity index (χ1v) is 24.0. The van der Waals surface area contributed by atoms with Gasteiger partial charge in [-0.1, -0.05) is 184 Å². The summed E-state index contributed by atoms with van der Waals surface area (Å²) in [6.45, 7) is 22.4. The van der Waals surface area contributed by atoms with E-state index in [1.54, 1.807) is 41.1 Å². The van der Waals surface area contributed by atoms with E-state index >= 15 is 0 Å². The first-order valence-electron chi connectivity index (χ1n) is 28.5. The van der Waals surface area contributed by atoms with E-state index in [1.165, 1.54) is 0 Å². The van der Waals surface area contributed by atoms with Gasteiger partial charge >= 0.3 is 0 Å². The third-order valence-corrected chi connectivity index (χ3v) is 12.4. The molecule has 6 heteroatoms. The van der Waals surface area contributed by atoms with Gasteiger partial charge < -0.3 is 13.9 Å². The van der Waals surface area contributed by atoms with Crippen molar-refractivity contribution in [2.45, 2.75) is 99.7 Å². The van der Waals surface area contributed by atoms with E-state index in [0.717, 1.165) is 38.5 Å². The number of fused-ring (bicyclic) bond motifs is 4. The molecule has 3 heterocycles. The number of imidazole rings is 1. The predicted molar refractivity (Wildman–Crippen MR) is 290 cm³/mol. The Labute approximate surface area is 448 Å². The largest absolute Gasteiger partial charge is 0.510 e. The summed E-state index contributed by atoms with van der Waals surface area (Å²) in [4.78, 5) is 4.76. The molecule has 0 amide bonds. The van der Waals surface area contributed by atoms with Crippen molar-refractivity contribution in [2.75, 3.05) is 0 Å². The minimum atomic E-state index is -1.73. The van der Waals surface area contributed by atoms with Gasteiger partial charge in [0.15, 0.2) is 0 Å². The van der Waals surface area contributed by atoms with Crippen LogP contribution < -0.4 is 9.30 Å². The van der Waals surface area contributed by atoms with Crippen molar-refractivity contribution in [2.24, 2.45) is 11.3 Å². The molecule has 0 N–H and O–H groups in total. The van der Waals surface area contributed by atoms with Gasteiger partial charge in [0.05, 0.1) is 23.6 Å². The van der Waals surface area contributed by atoms with Gasteiger partial charge in [0, 0.05) is 49.8 Å². The molecule has 5 nitrogen and oxygen atoms in total. The summed E-state index contributed by atoms with van der Waals surface area (Å²) in [7, 11) is 0. The maximum absolute atomic E-state index is 9.30. The minimum absolute atomic E-state index is 0. The Morgan fingerprint density at radius 2 is 1.35 bits per heavy atom. The van der Waals surface area contributed by atoms with Crippen molar-refractivity contribution in [3.8, 4) is 50.9 Å². The number of nitrogens with zero attached hydrogens (tertiary/aromatic N) is 4. The molecule has 3 aromatic heterocycles. The van der Waals surface area contributed by atoms with E-state index in [2.05, 4.69) is 78.2 Å². The molecule has 0 spiro atoms. The Kier molecular flexibility index (Phi) is 10.6. The van der Waals surface area contributed by atoms with Crippen LogP contribution in [0.2, 0.25) is 0 Å². The van der Waals surface area contributed by atoms with E-state index in [-0.39, 0.29) is 55.5 Å². The fourth-order valence-corrected chi connectivity index (χ4v) is 9.10. The molecule has 0 atom stereocenters. The van der Waals surface area contributed by atoms with Crippen molar-refractivity contribution in [3.05, 3.63) is 198 Å². The molecule has 10 aromatic rings. The maximum Gasteiger partial charge on any atom is 0.268 e. The van der Waals surface area contributed by atoms with Crippen molar-refractivity contribution in [1.29, 1.82) is 0 Å². The molecule has 0 fully saturated rings. The molecule has 0 aliphatic carbocycles. The summed E-state index contributed by atoms with van der Waals surface area (Å²) in [5.41, 5.74) is 7.71. The van der Waals surface area contributed by atoms with E-state index < -0.39 is 36.3 Å². The summed E-state index contributed by atoms with van der Waals surface area (Å²) in [5.74, 6) is 0.893. The van der Waals surface area contributed by atoms with Crippen molar-refractivity contribution in [3.63, 3.8) is 0 Å². The van der Waals surface area contributed by atoms with Gasteiger partial charge in [-0.15, -0.1) is 29.7 Å². The molecule has 0 aliphatic heterocycles. The average molecular weight is 1120 g/mol. The Hall–Kier alpha value is -6.55. The summed E-state index contributed by atoms with van der Waals surface area (Å²) in [6, 6.07) is 43.4. The SMILES string of the molecule is [2H]c1c([2H])c([2H])c(-c2cccc(-c3cc(C(C)(C)C)cc(C(C)(C)C)c3)c2-[n+]2[c-]n(-c3[c-]c(Oc4[c-]c5c(cc4)c4ccccc4n5-c4cc(C([2H])([2H])C(C)(C)C)ccn4)ccc3)c3cc(C([2H])([2H])C(C)C)ccc32)c([2H])c1[2H].[Pt]. The number of para-hydroxylation sites is 2. The first-order chi connectivity index (χ1) is 37.0. The molecular formula is C65H64N4OPt-2. The molecule has 0 aliphatic rings. The van der Waals surface area contributed by atoms with E-state index in [9.17, 15) is 5.48 Å². The molecule has 0 saturated heterocycles. The first kappa shape index (κ1) is 39.1. The van der Waals surface area contributed by atoms with Crippen LogP contribution in [0.15, 0.2) is 158 Å². The third kappa shape index (κ3) is 10.2. The summed E-state index contributed by atoms with van der Waals surface area (Å²) in [6.07, 6.45) is 1.88. The molecule has 0 radical (unpaired) electrons. The Bertz CT molecular complexity index is 4000. The summed E-state index contributed by atoms with van der Waals surface area (Å²) in [5, 5.41) is 1.88. The fourth-order valence-electron chi connectivity index (χ4n) is 9.10. The molecule has 0 unspecified atom stereocenters. The Morgan fingerprint density at radius 3 is 2.06 bits per heavy atom. The van der Waals surface area contributed by atoms with Gasteiger partial charge in [0.2, 0.25) is 0 Å². The number of hydrogen-bond donors (Lipinski definition) is 0. The normalized spacial score (nSPS) is 14.5. The van der Waals surface area contributed by atoms with Gasteiger partial charge in [0.1, 0.15) is 5.82 Å². The molecule has 0 saturated carbocycles. The van der Waals surface area contributed by atoms with Crippen LogP contribution in [0.4, 0.5) is 0 Å². The zero-order chi connectivity index (χ0) is 57.1. The smallest absolute Gasteiger partial charge is 0.268 e. The monoisotopic (exact) mass is 1120 g/mol. The average Bonchev–Trinajstić information content (AvgIpc) is 4.05. The van der Waals surface area contributed by atoms with Gasteiger partial charge in [-0.25, -0.2) is 4.98 Å². The van der Waals surface area contributed by atoms with Crippen molar-refractivity contribution >= 4 is 32.8 Å². The Balaban J connectivity index is 0.00000774. The summed E-state index contributed by atoms with van der Waals surface area (Å²) < 4.78 is 93.7. The van der Waals surface area contributed by atoms with Crippen LogP contribution in [-0.2, 0) is 44.6 Å². The van der Waals surface area contributed by atoms with Gasteiger partial charge in [-0.2, -0.15) is 18.2 Å². The summed E-state index contributed by atoms with van der Waals surface area (Å²) >= 11 is 0. The zero-order valence-corrected chi connectivity index (χ0v) is 44.5. The van der Waals surface area contributed by atoms with Gasteiger partial charge in [0.25, 0.3) is 6.33 Å². The third-order valence-electron chi connectivity index (χ3n) is 12.4. The molecule has 362 valence electrons. The predicted octanol–water partition coefficient (Wildman–Crippen LogP) is 16.3. The second-order valence-electron chi connectivity index (χ2n) is 21.5. The van der Waals surface area contributed by atoms with E-state index in [1.807, 2.05) is 117 Å². The number of benzene rings is 7. The molecular weight excluding hydrogens is 1050 g/mol. The molecule has 71 heavy (non-hydrogen) atoms. The maximum atomic E-state index is 9.30. The second-order valence-corrected chi connectivity index (χ2v) is 21.5. The number of pyridine rings is 1.